The van der Waals surface area contributed by atoms with Crippen molar-refractivity contribution in [1.82, 2.24) is 15.1 Å². The van der Waals surface area contributed by atoms with Crippen LogP contribution in [-0.4, -0.2) is 15.8 Å². The van der Waals surface area contributed by atoms with Gasteiger partial charge in [-0.2, -0.15) is 5.10 Å². The third-order valence-corrected chi connectivity index (χ3v) is 3.68. The highest BCUT2D eigenvalue weighted by atomic mass is 15.3. The summed E-state index contributed by atoms with van der Waals surface area (Å²) in [5.74, 6) is 0. The molecule has 1 saturated carbocycles. The van der Waals surface area contributed by atoms with Crippen molar-refractivity contribution in [3.63, 3.8) is 0 Å². The van der Waals surface area contributed by atoms with Gasteiger partial charge in [-0.15, -0.1) is 0 Å². The van der Waals surface area contributed by atoms with Crippen LogP contribution in [0.25, 0.3) is 0 Å². The molecule has 0 spiro atoms. The Balaban J connectivity index is 1.66. The molecule has 1 N–H and O–H groups in total. The van der Waals surface area contributed by atoms with E-state index < -0.39 is 0 Å². The van der Waals surface area contributed by atoms with E-state index in [4.69, 9.17) is 0 Å². The van der Waals surface area contributed by atoms with Crippen LogP contribution in [0.2, 0.25) is 0 Å². The molecule has 2 aromatic rings. The highest BCUT2D eigenvalue weighted by Gasteiger charge is 2.20. The SMILES string of the molecule is Cc1ccc(C)c(Cn2ccc(CNC3CC3)n2)c1. The van der Waals surface area contributed by atoms with Crippen LogP contribution < -0.4 is 5.32 Å². The van der Waals surface area contributed by atoms with Crippen LogP contribution in [0.3, 0.4) is 0 Å². The first-order valence-corrected chi connectivity index (χ1v) is 7.02. The Hall–Kier alpha value is -1.61. The lowest BCUT2D eigenvalue weighted by molar-refractivity contribution is 0.630. The van der Waals surface area contributed by atoms with Gasteiger partial charge >= 0.3 is 0 Å². The lowest BCUT2D eigenvalue weighted by Crippen LogP contribution is -2.16. The summed E-state index contributed by atoms with van der Waals surface area (Å²) in [6.07, 6.45) is 4.72. The summed E-state index contributed by atoms with van der Waals surface area (Å²) < 4.78 is 2.03. The Morgan fingerprint density at radius 3 is 2.89 bits per heavy atom. The van der Waals surface area contributed by atoms with Gasteiger partial charge in [-0.1, -0.05) is 23.8 Å². The third kappa shape index (κ3) is 3.24. The molecular formula is C16H21N3. The zero-order chi connectivity index (χ0) is 13.2. The highest BCUT2D eigenvalue weighted by molar-refractivity contribution is 5.30. The third-order valence-electron chi connectivity index (χ3n) is 3.68. The topological polar surface area (TPSA) is 29.9 Å². The van der Waals surface area contributed by atoms with Crippen molar-refractivity contribution in [2.24, 2.45) is 0 Å². The molecule has 0 bridgehead atoms. The summed E-state index contributed by atoms with van der Waals surface area (Å²) in [6.45, 7) is 6.05. The van der Waals surface area contributed by atoms with Crippen molar-refractivity contribution in [2.75, 3.05) is 0 Å². The zero-order valence-corrected chi connectivity index (χ0v) is 11.7. The molecule has 1 aromatic carbocycles. The van der Waals surface area contributed by atoms with Gasteiger partial charge in [0, 0.05) is 18.8 Å². The van der Waals surface area contributed by atoms with Crippen molar-refractivity contribution >= 4 is 0 Å². The van der Waals surface area contributed by atoms with Gasteiger partial charge in [0.25, 0.3) is 0 Å². The minimum Gasteiger partial charge on any atom is -0.308 e. The quantitative estimate of drug-likeness (QED) is 0.890. The maximum atomic E-state index is 4.63. The molecule has 19 heavy (non-hydrogen) atoms. The van der Waals surface area contributed by atoms with Crippen LogP contribution in [-0.2, 0) is 13.1 Å². The fourth-order valence-corrected chi connectivity index (χ4v) is 2.27. The normalized spacial score (nSPS) is 14.8. The van der Waals surface area contributed by atoms with Crippen LogP contribution in [0.5, 0.6) is 0 Å². The minimum absolute atomic E-state index is 0.740. The van der Waals surface area contributed by atoms with Gasteiger partial charge in [-0.05, 0) is 43.9 Å². The van der Waals surface area contributed by atoms with E-state index in [1.165, 1.54) is 29.5 Å². The van der Waals surface area contributed by atoms with Gasteiger partial charge < -0.3 is 5.32 Å². The Morgan fingerprint density at radius 2 is 2.11 bits per heavy atom. The van der Waals surface area contributed by atoms with Crippen molar-refractivity contribution in [3.05, 3.63) is 52.8 Å². The van der Waals surface area contributed by atoms with E-state index in [0.29, 0.717) is 0 Å². The summed E-state index contributed by atoms with van der Waals surface area (Å²) in [4.78, 5) is 0. The van der Waals surface area contributed by atoms with Crippen LogP contribution in [0.15, 0.2) is 30.5 Å². The first-order chi connectivity index (χ1) is 9.20. The van der Waals surface area contributed by atoms with Gasteiger partial charge in [-0.25, -0.2) is 0 Å². The van der Waals surface area contributed by atoms with Crippen LogP contribution in [0.1, 0.15) is 35.2 Å². The fourth-order valence-electron chi connectivity index (χ4n) is 2.27. The second kappa shape index (κ2) is 5.17. The summed E-state index contributed by atoms with van der Waals surface area (Å²) >= 11 is 0. The number of aromatic nitrogens is 2. The second-order valence-corrected chi connectivity index (χ2v) is 5.59. The molecule has 1 aliphatic rings. The van der Waals surface area contributed by atoms with Gasteiger partial charge in [0.05, 0.1) is 12.2 Å². The lowest BCUT2D eigenvalue weighted by Gasteiger charge is -2.07. The van der Waals surface area contributed by atoms with E-state index in [9.17, 15) is 0 Å². The molecule has 0 aliphatic heterocycles. The molecular weight excluding hydrogens is 234 g/mol. The lowest BCUT2D eigenvalue weighted by atomic mass is 10.1. The van der Waals surface area contributed by atoms with Crippen molar-refractivity contribution < 1.29 is 0 Å². The predicted octanol–water partition coefficient (Wildman–Crippen LogP) is 2.80. The van der Waals surface area contributed by atoms with E-state index >= 15 is 0 Å². The van der Waals surface area contributed by atoms with Crippen LogP contribution in [0.4, 0.5) is 0 Å². The molecule has 1 aliphatic carbocycles. The van der Waals surface area contributed by atoms with Crippen molar-refractivity contribution in [3.8, 4) is 0 Å². The number of hydrogen-bond donors (Lipinski definition) is 1. The molecule has 100 valence electrons. The second-order valence-electron chi connectivity index (χ2n) is 5.59. The maximum Gasteiger partial charge on any atom is 0.0762 e. The van der Waals surface area contributed by atoms with E-state index in [0.717, 1.165) is 24.8 Å². The zero-order valence-electron chi connectivity index (χ0n) is 11.7. The summed E-state index contributed by atoms with van der Waals surface area (Å²) in [6, 6.07) is 9.44. The average molecular weight is 255 g/mol. The van der Waals surface area contributed by atoms with Gasteiger partial charge in [-0.3, -0.25) is 4.68 Å². The molecule has 3 nitrogen and oxygen atoms in total. The standard InChI is InChI=1S/C16H21N3/c1-12-3-4-13(2)14(9-12)11-19-8-7-16(18-19)10-17-15-5-6-15/h3-4,7-9,15,17H,5-6,10-11H2,1-2H3. The predicted molar refractivity (Wildman–Crippen MR) is 77.1 cm³/mol. The highest BCUT2D eigenvalue weighted by Crippen LogP contribution is 2.19. The summed E-state index contributed by atoms with van der Waals surface area (Å²) in [5.41, 5.74) is 5.13. The van der Waals surface area contributed by atoms with E-state index in [1.807, 2.05) is 4.68 Å². The average Bonchev–Trinajstić information content (AvgIpc) is 3.12. The molecule has 1 aromatic heterocycles. The molecule has 3 heteroatoms. The van der Waals surface area contributed by atoms with Gasteiger partial charge in [0.2, 0.25) is 0 Å². The van der Waals surface area contributed by atoms with E-state index in [2.05, 4.69) is 54.7 Å². The number of rotatable bonds is 5. The number of benzene rings is 1. The van der Waals surface area contributed by atoms with Gasteiger partial charge in [0.15, 0.2) is 0 Å². The Bertz CT molecular complexity index is 567. The molecule has 3 rings (SSSR count). The summed E-state index contributed by atoms with van der Waals surface area (Å²) in [5, 5.41) is 8.12. The number of nitrogens with one attached hydrogen (secondary N) is 1. The van der Waals surface area contributed by atoms with E-state index in [1.54, 1.807) is 0 Å². The first-order valence-electron chi connectivity index (χ1n) is 7.02. The monoisotopic (exact) mass is 255 g/mol. The molecule has 0 saturated heterocycles. The number of aryl methyl sites for hydroxylation is 2. The fraction of sp³-hybridized carbons (Fsp3) is 0.438. The Kier molecular flexibility index (Phi) is 3.38. The number of nitrogens with zero attached hydrogens (tertiary/aromatic N) is 2. The molecule has 0 unspecified atom stereocenters. The first kappa shape index (κ1) is 12.4. The van der Waals surface area contributed by atoms with Crippen molar-refractivity contribution in [1.29, 1.82) is 0 Å². The summed E-state index contributed by atoms with van der Waals surface area (Å²) in [7, 11) is 0. The molecule has 0 amide bonds. The largest absolute Gasteiger partial charge is 0.308 e. The van der Waals surface area contributed by atoms with Crippen molar-refractivity contribution in [2.45, 2.75) is 45.8 Å². The Labute approximate surface area is 114 Å². The minimum atomic E-state index is 0.740. The van der Waals surface area contributed by atoms with Crippen LogP contribution >= 0.6 is 0 Å². The van der Waals surface area contributed by atoms with Crippen LogP contribution in [0, 0.1) is 13.8 Å². The van der Waals surface area contributed by atoms with Gasteiger partial charge in [0.1, 0.15) is 0 Å². The number of hydrogen-bond acceptors (Lipinski definition) is 2. The maximum absolute atomic E-state index is 4.63. The molecule has 0 radical (unpaired) electrons. The molecule has 1 heterocycles. The molecule has 0 atom stereocenters. The smallest absolute Gasteiger partial charge is 0.0762 e. The Morgan fingerprint density at radius 1 is 1.26 bits per heavy atom. The molecule has 1 fully saturated rings. The van der Waals surface area contributed by atoms with E-state index in [-0.39, 0.29) is 0 Å².